The molecule has 1 aliphatic rings. The van der Waals surface area contributed by atoms with E-state index in [1.807, 2.05) is 24.3 Å². The first-order chi connectivity index (χ1) is 15.9. The average Bonchev–Trinajstić information content (AvgIpc) is 3.19. The number of benzene rings is 2. The summed E-state index contributed by atoms with van der Waals surface area (Å²) in [5.41, 5.74) is 3.66. The Labute approximate surface area is 197 Å². The summed E-state index contributed by atoms with van der Waals surface area (Å²) in [5.74, 6) is 1.19. The molecular formula is C28H36N2O3. The summed E-state index contributed by atoms with van der Waals surface area (Å²) in [6.07, 6.45) is 4.82. The van der Waals surface area contributed by atoms with Crippen molar-refractivity contribution in [2.45, 2.75) is 52.0 Å². The molecule has 4 rings (SSSR count). The van der Waals surface area contributed by atoms with Gasteiger partial charge in [-0.2, -0.15) is 0 Å². The smallest absolute Gasteiger partial charge is 0.307 e. The fourth-order valence-corrected chi connectivity index (χ4v) is 4.85. The Morgan fingerprint density at radius 1 is 1.06 bits per heavy atom. The van der Waals surface area contributed by atoms with Crippen LogP contribution in [0.2, 0.25) is 0 Å². The van der Waals surface area contributed by atoms with Crippen LogP contribution in [0.15, 0.2) is 54.7 Å². The van der Waals surface area contributed by atoms with Gasteiger partial charge in [0, 0.05) is 29.7 Å². The summed E-state index contributed by atoms with van der Waals surface area (Å²) >= 11 is 0. The number of aliphatic carboxylic acids is 1. The van der Waals surface area contributed by atoms with Crippen molar-refractivity contribution < 1.29 is 14.6 Å². The quantitative estimate of drug-likeness (QED) is 0.453. The summed E-state index contributed by atoms with van der Waals surface area (Å²) in [6, 6.07) is 16.7. The molecule has 5 nitrogen and oxygen atoms in total. The third-order valence-corrected chi connectivity index (χ3v) is 7.16. The molecule has 33 heavy (non-hydrogen) atoms. The lowest BCUT2D eigenvalue weighted by atomic mass is 9.89. The Morgan fingerprint density at radius 2 is 1.76 bits per heavy atom. The van der Waals surface area contributed by atoms with Gasteiger partial charge in [0.15, 0.2) is 0 Å². The first-order valence-corrected chi connectivity index (χ1v) is 12.2. The molecule has 0 spiro atoms. The molecule has 5 heteroatoms. The van der Waals surface area contributed by atoms with Crippen LogP contribution >= 0.6 is 0 Å². The maximum Gasteiger partial charge on any atom is 0.307 e. The van der Waals surface area contributed by atoms with Crippen LogP contribution in [0.5, 0.6) is 5.75 Å². The van der Waals surface area contributed by atoms with E-state index < -0.39 is 5.97 Å². The van der Waals surface area contributed by atoms with Crippen LogP contribution in [0.4, 0.5) is 0 Å². The third kappa shape index (κ3) is 5.59. The van der Waals surface area contributed by atoms with Crippen molar-refractivity contribution >= 4 is 16.9 Å². The van der Waals surface area contributed by atoms with E-state index >= 15 is 0 Å². The molecule has 2 heterocycles. The molecule has 3 aromatic rings. The molecule has 1 aliphatic heterocycles. The molecule has 1 unspecified atom stereocenters. The lowest BCUT2D eigenvalue weighted by molar-refractivity contribution is -0.136. The van der Waals surface area contributed by atoms with E-state index in [9.17, 15) is 4.79 Å². The SMILES string of the molecule is CC(C)C(C)n1cc(C2CCN(CCOc3ccc(CC(=O)O)cc3)CC2)c2ccccc21. The van der Waals surface area contributed by atoms with Crippen LogP contribution in [0, 0.1) is 5.92 Å². The van der Waals surface area contributed by atoms with Gasteiger partial charge in [-0.1, -0.05) is 44.2 Å². The van der Waals surface area contributed by atoms with Gasteiger partial charge in [0.1, 0.15) is 12.4 Å². The second-order valence-electron chi connectivity index (χ2n) is 9.67. The van der Waals surface area contributed by atoms with E-state index in [-0.39, 0.29) is 6.42 Å². The lowest BCUT2D eigenvalue weighted by Crippen LogP contribution is -2.35. The van der Waals surface area contributed by atoms with Crippen molar-refractivity contribution in [1.82, 2.24) is 9.47 Å². The molecule has 0 saturated carbocycles. The van der Waals surface area contributed by atoms with Gasteiger partial charge in [0.25, 0.3) is 0 Å². The summed E-state index contributed by atoms with van der Waals surface area (Å²) in [7, 11) is 0. The summed E-state index contributed by atoms with van der Waals surface area (Å²) < 4.78 is 8.38. The fraction of sp³-hybridized carbons (Fsp3) is 0.464. The van der Waals surface area contributed by atoms with Crippen molar-refractivity contribution in [2.75, 3.05) is 26.2 Å². The van der Waals surface area contributed by atoms with Gasteiger partial charge in [-0.05, 0) is 74.0 Å². The van der Waals surface area contributed by atoms with E-state index in [1.54, 1.807) is 0 Å². The zero-order chi connectivity index (χ0) is 23.4. The first-order valence-electron chi connectivity index (χ1n) is 12.2. The predicted octanol–water partition coefficient (Wildman–Crippen LogP) is 5.74. The van der Waals surface area contributed by atoms with Gasteiger partial charge in [0.05, 0.1) is 6.42 Å². The molecule has 176 valence electrons. The first kappa shape index (κ1) is 23.4. The highest BCUT2D eigenvalue weighted by Crippen LogP contribution is 2.36. The lowest BCUT2D eigenvalue weighted by Gasteiger charge is -2.31. The Balaban J connectivity index is 1.31. The van der Waals surface area contributed by atoms with Gasteiger partial charge in [0.2, 0.25) is 0 Å². The number of carboxylic acids is 1. The number of carbonyl (C=O) groups is 1. The normalized spacial score (nSPS) is 16.4. The Bertz CT molecular complexity index is 1060. The summed E-state index contributed by atoms with van der Waals surface area (Å²) in [6.45, 7) is 10.6. The highest BCUT2D eigenvalue weighted by atomic mass is 16.5. The highest BCUT2D eigenvalue weighted by Gasteiger charge is 2.25. The zero-order valence-corrected chi connectivity index (χ0v) is 20.0. The minimum Gasteiger partial charge on any atom is -0.492 e. The predicted molar refractivity (Wildman–Crippen MR) is 133 cm³/mol. The third-order valence-electron chi connectivity index (χ3n) is 7.16. The summed E-state index contributed by atoms with van der Waals surface area (Å²) in [5, 5.41) is 10.3. The minimum absolute atomic E-state index is 0.0459. The molecular weight excluding hydrogens is 412 g/mol. The molecule has 1 N–H and O–H groups in total. The molecule has 0 aliphatic carbocycles. The molecule has 1 atom stereocenters. The Morgan fingerprint density at radius 3 is 2.42 bits per heavy atom. The largest absolute Gasteiger partial charge is 0.492 e. The topological polar surface area (TPSA) is 54.7 Å². The number of carboxylic acid groups (broad SMARTS) is 1. The van der Waals surface area contributed by atoms with Crippen LogP contribution in [-0.4, -0.2) is 46.8 Å². The molecule has 2 aromatic carbocycles. The maximum atomic E-state index is 10.8. The van der Waals surface area contributed by atoms with Crippen molar-refractivity contribution in [3.05, 3.63) is 65.9 Å². The number of likely N-dealkylation sites (tertiary alicyclic amines) is 1. The van der Waals surface area contributed by atoms with Gasteiger partial charge in [-0.15, -0.1) is 0 Å². The van der Waals surface area contributed by atoms with Crippen LogP contribution in [0.25, 0.3) is 10.9 Å². The van der Waals surface area contributed by atoms with Crippen LogP contribution in [0.1, 0.15) is 56.7 Å². The van der Waals surface area contributed by atoms with Crippen molar-refractivity contribution in [3.8, 4) is 5.75 Å². The summed E-state index contributed by atoms with van der Waals surface area (Å²) in [4.78, 5) is 13.3. The Hall–Kier alpha value is -2.79. The minimum atomic E-state index is -0.814. The number of para-hydroxylation sites is 1. The van der Waals surface area contributed by atoms with Crippen LogP contribution in [0.3, 0.4) is 0 Å². The zero-order valence-electron chi connectivity index (χ0n) is 20.0. The molecule has 1 aromatic heterocycles. The molecule has 0 amide bonds. The van der Waals surface area contributed by atoms with E-state index in [0.717, 1.165) is 30.9 Å². The number of rotatable bonds is 9. The van der Waals surface area contributed by atoms with Crippen LogP contribution < -0.4 is 4.74 Å². The van der Waals surface area contributed by atoms with Crippen LogP contribution in [-0.2, 0) is 11.2 Å². The fourth-order valence-electron chi connectivity index (χ4n) is 4.85. The number of hydrogen-bond acceptors (Lipinski definition) is 3. The van der Waals surface area contributed by atoms with Crippen molar-refractivity contribution in [1.29, 1.82) is 0 Å². The number of aromatic nitrogens is 1. The van der Waals surface area contributed by atoms with Crippen molar-refractivity contribution in [3.63, 3.8) is 0 Å². The second-order valence-corrected chi connectivity index (χ2v) is 9.67. The number of hydrogen-bond donors (Lipinski definition) is 1. The second kappa shape index (κ2) is 10.4. The number of nitrogens with zero attached hydrogens (tertiary/aromatic N) is 2. The Kier molecular flexibility index (Phi) is 7.39. The molecule has 0 radical (unpaired) electrons. The molecule has 1 saturated heterocycles. The van der Waals surface area contributed by atoms with Gasteiger partial charge in [-0.3, -0.25) is 9.69 Å². The highest BCUT2D eigenvalue weighted by molar-refractivity contribution is 5.84. The van der Waals surface area contributed by atoms with Gasteiger partial charge < -0.3 is 14.4 Å². The monoisotopic (exact) mass is 448 g/mol. The number of fused-ring (bicyclic) bond motifs is 1. The number of ether oxygens (including phenoxy) is 1. The molecule has 0 bridgehead atoms. The van der Waals surface area contributed by atoms with E-state index in [0.29, 0.717) is 24.5 Å². The maximum absolute atomic E-state index is 10.8. The van der Waals surface area contributed by atoms with Crippen molar-refractivity contribution in [2.24, 2.45) is 5.92 Å². The molecule has 1 fully saturated rings. The number of piperidine rings is 1. The standard InChI is InChI=1S/C28H36N2O3/c1-20(2)21(3)30-19-26(25-6-4-5-7-27(25)30)23-12-14-29(15-13-23)16-17-33-24-10-8-22(9-11-24)18-28(31)32/h4-11,19-21,23H,12-18H2,1-3H3,(H,31,32). The van der Waals surface area contributed by atoms with Gasteiger partial charge in [-0.25, -0.2) is 0 Å². The van der Waals surface area contributed by atoms with E-state index in [2.05, 4.69) is 60.7 Å². The van der Waals surface area contributed by atoms with Gasteiger partial charge >= 0.3 is 5.97 Å². The van der Waals surface area contributed by atoms with E-state index in [1.165, 1.54) is 29.3 Å². The average molecular weight is 449 g/mol. The van der Waals surface area contributed by atoms with E-state index in [4.69, 9.17) is 9.84 Å².